The number of para-hydroxylation sites is 1. The van der Waals surface area contributed by atoms with Crippen LogP contribution in [0.15, 0.2) is 83.8 Å². The van der Waals surface area contributed by atoms with Gasteiger partial charge in [-0.1, -0.05) is 30.3 Å². The minimum absolute atomic E-state index is 0.0219. The molecule has 8 nitrogen and oxygen atoms in total. The monoisotopic (exact) mass is 463 g/mol. The van der Waals surface area contributed by atoms with Gasteiger partial charge in [0, 0.05) is 31.1 Å². The predicted molar refractivity (Wildman–Crippen MR) is 125 cm³/mol. The first kappa shape index (κ1) is 22.2. The molecule has 3 aromatic carbocycles. The van der Waals surface area contributed by atoms with Crippen molar-refractivity contribution in [2.75, 3.05) is 21.6 Å². The summed E-state index contributed by atoms with van der Waals surface area (Å²) >= 11 is 0. The number of carbonyl (C=O) groups excluding carboxylic acids is 3. The first-order chi connectivity index (χ1) is 15.8. The van der Waals surface area contributed by atoms with Crippen LogP contribution in [-0.2, 0) is 19.6 Å². The number of imide groups is 1. The lowest BCUT2D eigenvalue weighted by Crippen LogP contribution is -2.28. The summed E-state index contributed by atoms with van der Waals surface area (Å²) in [5.41, 5.74) is 1.36. The molecule has 33 heavy (non-hydrogen) atoms. The number of hydrogen-bond acceptors (Lipinski definition) is 5. The third-order valence-electron chi connectivity index (χ3n) is 5.29. The Morgan fingerprint density at radius 2 is 1.55 bits per heavy atom. The Balaban J connectivity index is 1.56. The average molecular weight is 464 g/mol. The van der Waals surface area contributed by atoms with Crippen molar-refractivity contribution >= 4 is 44.8 Å². The minimum Gasteiger partial charge on any atom is -0.322 e. The van der Waals surface area contributed by atoms with E-state index in [4.69, 9.17) is 0 Å². The Labute approximate surface area is 191 Å². The van der Waals surface area contributed by atoms with Crippen LogP contribution in [0.1, 0.15) is 23.2 Å². The molecule has 0 saturated carbocycles. The molecule has 0 spiro atoms. The normalized spacial score (nSPS) is 13.8. The maximum atomic E-state index is 13.0. The van der Waals surface area contributed by atoms with Gasteiger partial charge < -0.3 is 5.32 Å². The second kappa shape index (κ2) is 8.87. The molecule has 0 aromatic heterocycles. The van der Waals surface area contributed by atoms with E-state index < -0.39 is 15.9 Å². The van der Waals surface area contributed by atoms with Gasteiger partial charge in [-0.15, -0.1) is 0 Å². The Kier molecular flexibility index (Phi) is 5.97. The summed E-state index contributed by atoms with van der Waals surface area (Å²) in [6.07, 6.45) is 0.294. The van der Waals surface area contributed by atoms with Crippen LogP contribution < -0.4 is 14.5 Å². The molecule has 168 valence electrons. The topological polar surface area (TPSA) is 104 Å². The van der Waals surface area contributed by atoms with Crippen LogP contribution >= 0.6 is 0 Å². The SMILES string of the molecule is CN(c1ccccc1)S(=O)(=O)c1cccc(NC(=O)c2cccc(N3C(=O)CCC3=O)c2)c1. The molecule has 3 aromatic rings. The molecular formula is C24H21N3O5S. The van der Waals surface area contributed by atoms with Crippen LogP contribution in [0.5, 0.6) is 0 Å². The summed E-state index contributed by atoms with van der Waals surface area (Å²) in [5.74, 6) is -1.11. The van der Waals surface area contributed by atoms with Crippen molar-refractivity contribution in [3.63, 3.8) is 0 Å². The van der Waals surface area contributed by atoms with Crippen LogP contribution in [0.2, 0.25) is 0 Å². The molecule has 1 saturated heterocycles. The number of anilines is 3. The van der Waals surface area contributed by atoms with E-state index in [1.807, 2.05) is 0 Å². The zero-order chi connectivity index (χ0) is 23.6. The van der Waals surface area contributed by atoms with E-state index in [1.54, 1.807) is 60.7 Å². The third-order valence-corrected chi connectivity index (χ3v) is 7.07. The van der Waals surface area contributed by atoms with E-state index >= 15 is 0 Å². The van der Waals surface area contributed by atoms with E-state index in [0.717, 1.165) is 4.90 Å². The molecule has 1 aliphatic heterocycles. The first-order valence-corrected chi connectivity index (χ1v) is 11.6. The van der Waals surface area contributed by atoms with Gasteiger partial charge in [0.15, 0.2) is 0 Å². The van der Waals surface area contributed by atoms with E-state index in [2.05, 4.69) is 5.32 Å². The molecular weight excluding hydrogens is 442 g/mol. The second-order valence-corrected chi connectivity index (χ2v) is 9.43. The number of nitrogens with zero attached hydrogens (tertiary/aromatic N) is 2. The van der Waals surface area contributed by atoms with Gasteiger partial charge in [-0.2, -0.15) is 0 Å². The number of carbonyl (C=O) groups is 3. The minimum atomic E-state index is -3.84. The number of rotatable bonds is 6. The predicted octanol–water partition coefficient (Wildman–Crippen LogP) is 3.42. The molecule has 0 unspecified atom stereocenters. The number of amides is 3. The van der Waals surface area contributed by atoms with Gasteiger partial charge in [-0.25, -0.2) is 8.42 Å². The lowest BCUT2D eigenvalue weighted by molar-refractivity contribution is -0.121. The van der Waals surface area contributed by atoms with Crippen molar-refractivity contribution in [1.82, 2.24) is 0 Å². The quantitative estimate of drug-likeness (QED) is 0.564. The molecule has 0 bridgehead atoms. The van der Waals surface area contributed by atoms with Crippen LogP contribution in [0.3, 0.4) is 0 Å². The summed E-state index contributed by atoms with van der Waals surface area (Å²) in [7, 11) is -2.38. The molecule has 0 atom stereocenters. The highest BCUT2D eigenvalue weighted by molar-refractivity contribution is 7.92. The third kappa shape index (κ3) is 4.49. The molecule has 0 aliphatic carbocycles. The highest BCUT2D eigenvalue weighted by Gasteiger charge is 2.30. The molecule has 1 aliphatic rings. The number of nitrogens with one attached hydrogen (secondary N) is 1. The van der Waals surface area contributed by atoms with Gasteiger partial charge in [-0.05, 0) is 48.5 Å². The number of hydrogen-bond donors (Lipinski definition) is 1. The van der Waals surface area contributed by atoms with Crippen LogP contribution in [0.4, 0.5) is 17.1 Å². The van der Waals surface area contributed by atoms with Gasteiger partial charge in [0.05, 0.1) is 16.3 Å². The van der Waals surface area contributed by atoms with Gasteiger partial charge >= 0.3 is 0 Å². The lowest BCUT2D eigenvalue weighted by atomic mass is 10.1. The Morgan fingerprint density at radius 1 is 0.879 bits per heavy atom. The van der Waals surface area contributed by atoms with Gasteiger partial charge in [0.1, 0.15) is 0 Å². The van der Waals surface area contributed by atoms with Crippen molar-refractivity contribution in [2.24, 2.45) is 0 Å². The van der Waals surface area contributed by atoms with Crippen LogP contribution in [0.25, 0.3) is 0 Å². The summed E-state index contributed by atoms with van der Waals surface area (Å²) in [6, 6.07) is 20.8. The van der Waals surface area contributed by atoms with Crippen molar-refractivity contribution < 1.29 is 22.8 Å². The fraction of sp³-hybridized carbons (Fsp3) is 0.125. The van der Waals surface area contributed by atoms with Crippen molar-refractivity contribution in [1.29, 1.82) is 0 Å². The average Bonchev–Trinajstić information content (AvgIpc) is 3.17. The Morgan fingerprint density at radius 3 is 2.24 bits per heavy atom. The van der Waals surface area contributed by atoms with Gasteiger partial charge in [-0.3, -0.25) is 23.6 Å². The Hall–Kier alpha value is -3.98. The fourth-order valence-corrected chi connectivity index (χ4v) is 4.77. The van der Waals surface area contributed by atoms with Crippen molar-refractivity contribution in [2.45, 2.75) is 17.7 Å². The zero-order valence-electron chi connectivity index (χ0n) is 17.8. The molecule has 1 heterocycles. The van der Waals surface area contributed by atoms with Crippen molar-refractivity contribution in [3.8, 4) is 0 Å². The second-order valence-electron chi connectivity index (χ2n) is 7.46. The van der Waals surface area contributed by atoms with E-state index in [0.29, 0.717) is 17.1 Å². The summed E-state index contributed by atoms with van der Waals surface area (Å²) in [4.78, 5) is 37.9. The summed E-state index contributed by atoms with van der Waals surface area (Å²) in [6.45, 7) is 0. The molecule has 0 radical (unpaired) electrons. The standard InChI is InChI=1S/C24H21N3O5S/c1-26(19-9-3-2-4-10-19)33(31,32)21-12-6-8-18(16-21)25-24(30)17-7-5-11-20(15-17)27-22(28)13-14-23(27)29/h2-12,15-16H,13-14H2,1H3,(H,25,30). The summed E-state index contributed by atoms with van der Waals surface area (Å²) < 4.78 is 27.2. The number of benzene rings is 3. The van der Waals surface area contributed by atoms with E-state index in [9.17, 15) is 22.8 Å². The summed E-state index contributed by atoms with van der Waals surface area (Å²) in [5, 5.41) is 2.68. The van der Waals surface area contributed by atoms with Gasteiger partial charge in [0.2, 0.25) is 11.8 Å². The highest BCUT2D eigenvalue weighted by Crippen LogP contribution is 2.26. The largest absolute Gasteiger partial charge is 0.322 e. The Bertz CT molecular complexity index is 1320. The molecule has 4 rings (SSSR count). The molecule has 1 N–H and O–H groups in total. The highest BCUT2D eigenvalue weighted by atomic mass is 32.2. The van der Waals surface area contributed by atoms with Gasteiger partial charge in [0.25, 0.3) is 15.9 Å². The zero-order valence-corrected chi connectivity index (χ0v) is 18.6. The number of sulfonamides is 1. The fourth-order valence-electron chi connectivity index (χ4n) is 3.52. The maximum absolute atomic E-state index is 13.0. The molecule has 9 heteroatoms. The smallest absolute Gasteiger partial charge is 0.264 e. The first-order valence-electron chi connectivity index (χ1n) is 10.2. The lowest BCUT2D eigenvalue weighted by Gasteiger charge is -2.20. The van der Waals surface area contributed by atoms with E-state index in [-0.39, 0.29) is 35.1 Å². The van der Waals surface area contributed by atoms with E-state index in [1.165, 1.54) is 29.6 Å². The molecule has 1 fully saturated rings. The maximum Gasteiger partial charge on any atom is 0.264 e. The van der Waals surface area contributed by atoms with Crippen LogP contribution in [-0.4, -0.2) is 33.2 Å². The van der Waals surface area contributed by atoms with Crippen LogP contribution in [0, 0.1) is 0 Å². The van der Waals surface area contributed by atoms with Crippen molar-refractivity contribution in [3.05, 3.63) is 84.4 Å². The molecule has 3 amide bonds.